The lowest BCUT2D eigenvalue weighted by Crippen LogP contribution is -2.38. The molecule has 1 N–H and O–H groups in total. The van der Waals surface area contributed by atoms with Crippen molar-refractivity contribution in [2.45, 2.75) is 18.7 Å². The summed E-state index contributed by atoms with van der Waals surface area (Å²) < 4.78 is 38.7. The minimum absolute atomic E-state index is 0.0410. The van der Waals surface area contributed by atoms with Crippen LogP contribution in [0.25, 0.3) is 0 Å². The number of hydrogen-bond donors (Lipinski definition) is 1. The number of carbonyl (C=O) groups excluding carboxylic acids is 2. The Labute approximate surface area is 199 Å². The van der Waals surface area contributed by atoms with Gasteiger partial charge in [-0.1, -0.05) is 29.8 Å². The quantitative estimate of drug-likeness (QED) is 0.462. The summed E-state index contributed by atoms with van der Waals surface area (Å²) in [6.45, 7) is 2.77. The van der Waals surface area contributed by atoms with Gasteiger partial charge in [0.05, 0.1) is 24.8 Å². The van der Waals surface area contributed by atoms with E-state index >= 15 is 0 Å². The van der Waals surface area contributed by atoms with Crippen LogP contribution in [0.2, 0.25) is 0 Å². The van der Waals surface area contributed by atoms with E-state index < -0.39 is 22.5 Å². The maximum atomic E-state index is 13.6. The molecule has 0 heterocycles. The van der Waals surface area contributed by atoms with Crippen LogP contribution in [0.3, 0.4) is 0 Å². The second-order valence-electron chi connectivity index (χ2n) is 7.55. The van der Waals surface area contributed by atoms with E-state index in [0.717, 1.165) is 9.87 Å². The van der Waals surface area contributed by atoms with Crippen molar-refractivity contribution in [3.8, 4) is 11.5 Å². The molecular formula is C25H26N2O6S. The van der Waals surface area contributed by atoms with Crippen molar-refractivity contribution in [1.82, 2.24) is 0 Å². The molecule has 3 aromatic rings. The van der Waals surface area contributed by atoms with Crippen molar-refractivity contribution in [2.75, 3.05) is 30.4 Å². The molecule has 0 aliphatic rings. The highest BCUT2D eigenvalue weighted by Crippen LogP contribution is 2.34. The van der Waals surface area contributed by atoms with Crippen LogP contribution in [0.5, 0.6) is 11.5 Å². The van der Waals surface area contributed by atoms with E-state index in [1.807, 2.05) is 6.92 Å². The number of amides is 1. The van der Waals surface area contributed by atoms with Crippen LogP contribution in [0, 0.1) is 6.92 Å². The van der Waals surface area contributed by atoms with E-state index in [2.05, 4.69) is 5.32 Å². The van der Waals surface area contributed by atoms with Crippen molar-refractivity contribution < 1.29 is 27.5 Å². The zero-order valence-corrected chi connectivity index (χ0v) is 20.2. The Bertz CT molecular complexity index is 1300. The molecular weight excluding hydrogens is 456 g/mol. The van der Waals surface area contributed by atoms with E-state index in [9.17, 15) is 18.0 Å². The first-order chi connectivity index (χ1) is 16.1. The molecule has 0 unspecified atom stereocenters. The fourth-order valence-electron chi connectivity index (χ4n) is 3.28. The summed E-state index contributed by atoms with van der Waals surface area (Å²) in [6.07, 6.45) is 0. The average Bonchev–Trinajstić information content (AvgIpc) is 2.82. The van der Waals surface area contributed by atoms with Gasteiger partial charge in [-0.25, -0.2) is 8.42 Å². The summed E-state index contributed by atoms with van der Waals surface area (Å²) in [5, 5.41) is 2.67. The number of nitrogens with one attached hydrogen (secondary N) is 1. The maximum absolute atomic E-state index is 13.6. The normalized spacial score (nSPS) is 10.9. The van der Waals surface area contributed by atoms with Crippen molar-refractivity contribution in [3.05, 3.63) is 77.9 Å². The molecule has 8 nitrogen and oxygen atoms in total. The Kier molecular flexibility index (Phi) is 7.57. The number of benzene rings is 3. The average molecular weight is 483 g/mol. The second-order valence-corrected chi connectivity index (χ2v) is 9.41. The van der Waals surface area contributed by atoms with Gasteiger partial charge in [-0.2, -0.15) is 0 Å². The Morgan fingerprint density at radius 3 is 2.21 bits per heavy atom. The second kappa shape index (κ2) is 10.4. The van der Waals surface area contributed by atoms with E-state index in [1.165, 1.54) is 51.5 Å². The summed E-state index contributed by atoms with van der Waals surface area (Å²) in [5.41, 5.74) is 1.95. The zero-order chi connectivity index (χ0) is 24.9. The van der Waals surface area contributed by atoms with E-state index in [-0.39, 0.29) is 16.4 Å². The first-order valence-corrected chi connectivity index (χ1v) is 11.8. The summed E-state index contributed by atoms with van der Waals surface area (Å²) in [4.78, 5) is 24.6. The van der Waals surface area contributed by atoms with Crippen molar-refractivity contribution in [1.29, 1.82) is 0 Å². The van der Waals surface area contributed by atoms with E-state index in [1.54, 1.807) is 36.4 Å². The van der Waals surface area contributed by atoms with Gasteiger partial charge in [0, 0.05) is 17.3 Å². The molecule has 0 aliphatic carbocycles. The molecule has 0 radical (unpaired) electrons. The van der Waals surface area contributed by atoms with Crippen molar-refractivity contribution >= 4 is 33.1 Å². The van der Waals surface area contributed by atoms with Crippen LogP contribution in [0.1, 0.15) is 22.8 Å². The third kappa shape index (κ3) is 5.55. The number of rotatable bonds is 9. The molecule has 3 rings (SSSR count). The molecule has 1 amide bonds. The number of anilines is 2. The van der Waals surface area contributed by atoms with Crippen LogP contribution in [-0.4, -0.2) is 40.9 Å². The number of methoxy groups -OCH3 is 2. The van der Waals surface area contributed by atoms with E-state index in [4.69, 9.17) is 9.47 Å². The van der Waals surface area contributed by atoms with Gasteiger partial charge < -0.3 is 14.8 Å². The molecule has 0 fully saturated rings. The predicted molar refractivity (Wildman–Crippen MR) is 130 cm³/mol. The SMILES string of the molecule is COc1ccc(N(CC(=O)Nc2cccc(C(C)=O)c2)S(=O)(=O)c2ccc(C)cc2)cc1OC. The number of hydrogen-bond acceptors (Lipinski definition) is 6. The Hall–Kier alpha value is -3.85. The number of aryl methyl sites for hydroxylation is 1. The van der Waals surface area contributed by atoms with Gasteiger partial charge in [-0.3, -0.25) is 13.9 Å². The van der Waals surface area contributed by atoms with Crippen LogP contribution in [0.15, 0.2) is 71.6 Å². The summed E-state index contributed by atoms with van der Waals surface area (Å²) in [5.74, 6) is 0.0132. The molecule has 9 heteroatoms. The monoisotopic (exact) mass is 482 g/mol. The Morgan fingerprint density at radius 2 is 1.59 bits per heavy atom. The summed E-state index contributed by atoms with van der Waals surface area (Å²) in [7, 11) is -1.19. The number of carbonyl (C=O) groups is 2. The zero-order valence-electron chi connectivity index (χ0n) is 19.4. The lowest BCUT2D eigenvalue weighted by Gasteiger charge is -2.25. The number of ketones is 1. The van der Waals surface area contributed by atoms with Crippen LogP contribution < -0.4 is 19.1 Å². The number of sulfonamides is 1. The Balaban J connectivity index is 1.99. The standard InChI is InChI=1S/C25H26N2O6S/c1-17-8-11-22(12-9-17)34(30,31)27(21-10-13-23(32-3)24(15-21)33-4)16-25(29)26-20-7-5-6-19(14-20)18(2)28/h5-15H,16H2,1-4H3,(H,26,29). The van der Waals surface area contributed by atoms with Gasteiger partial charge in [0.1, 0.15) is 6.54 Å². The maximum Gasteiger partial charge on any atom is 0.264 e. The molecule has 0 bridgehead atoms. The molecule has 0 atom stereocenters. The van der Waals surface area contributed by atoms with Gasteiger partial charge >= 0.3 is 0 Å². The third-order valence-corrected chi connectivity index (χ3v) is 6.89. The molecule has 0 saturated heterocycles. The smallest absolute Gasteiger partial charge is 0.264 e. The fraction of sp³-hybridized carbons (Fsp3) is 0.200. The summed E-state index contributed by atoms with van der Waals surface area (Å²) >= 11 is 0. The molecule has 178 valence electrons. The largest absolute Gasteiger partial charge is 0.493 e. The first-order valence-electron chi connectivity index (χ1n) is 10.4. The topological polar surface area (TPSA) is 102 Å². The molecule has 0 spiro atoms. The lowest BCUT2D eigenvalue weighted by molar-refractivity contribution is -0.114. The van der Waals surface area contributed by atoms with Crippen LogP contribution >= 0.6 is 0 Å². The first kappa shape index (κ1) is 24.8. The van der Waals surface area contributed by atoms with E-state index in [0.29, 0.717) is 22.7 Å². The third-order valence-electron chi connectivity index (χ3n) is 5.10. The molecule has 0 saturated carbocycles. The number of ether oxygens (including phenoxy) is 2. The minimum Gasteiger partial charge on any atom is -0.493 e. The van der Waals surface area contributed by atoms with Gasteiger partial charge in [-0.15, -0.1) is 0 Å². The predicted octanol–water partition coefficient (Wildman–Crippen LogP) is 4.05. The lowest BCUT2D eigenvalue weighted by atomic mass is 10.1. The van der Waals surface area contributed by atoms with Gasteiger partial charge in [0.15, 0.2) is 17.3 Å². The molecule has 34 heavy (non-hydrogen) atoms. The van der Waals surface area contributed by atoms with Gasteiger partial charge in [0.25, 0.3) is 10.0 Å². The van der Waals surface area contributed by atoms with Crippen molar-refractivity contribution in [3.63, 3.8) is 0 Å². The van der Waals surface area contributed by atoms with Crippen LogP contribution in [-0.2, 0) is 14.8 Å². The number of nitrogens with zero attached hydrogens (tertiary/aromatic N) is 1. The molecule has 0 aliphatic heterocycles. The van der Waals surface area contributed by atoms with Crippen molar-refractivity contribution in [2.24, 2.45) is 0 Å². The minimum atomic E-state index is -4.10. The summed E-state index contributed by atoms with van der Waals surface area (Å²) in [6, 6.07) is 17.4. The highest BCUT2D eigenvalue weighted by atomic mass is 32.2. The van der Waals surface area contributed by atoms with Gasteiger partial charge in [0.2, 0.25) is 5.91 Å². The number of Topliss-reactive ketones (excluding diaryl/α,β-unsaturated/α-hetero) is 1. The fourth-order valence-corrected chi connectivity index (χ4v) is 4.69. The van der Waals surface area contributed by atoms with Gasteiger partial charge in [-0.05, 0) is 50.2 Å². The highest BCUT2D eigenvalue weighted by molar-refractivity contribution is 7.92. The van der Waals surface area contributed by atoms with Crippen LogP contribution in [0.4, 0.5) is 11.4 Å². The highest BCUT2D eigenvalue weighted by Gasteiger charge is 2.28. The molecule has 3 aromatic carbocycles. The molecule has 0 aromatic heterocycles. The Morgan fingerprint density at radius 1 is 0.912 bits per heavy atom.